The molecule has 1 aromatic carbocycles. The SMILES string of the molecule is CC(NCC(C)(O)C(C)C)c1ccc(OC(F)F)cc1. The number of nitrogens with one attached hydrogen (secondary N) is 1. The van der Waals surface area contributed by atoms with Gasteiger partial charge < -0.3 is 15.2 Å². The molecule has 0 aromatic heterocycles. The summed E-state index contributed by atoms with van der Waals surface area (Å²) in [5.41, 5.74) is 0.165. The van der Waals surface area contributed by atoms with E-state index in [1.165, 1.54) is 12.1 Å². The van der Waals surface area contributed by atoms with Crippen molar-refractivity contribution in [3.05, 3.63) is 29.8 Å². The second-order valence-electron chi connectivity index (χ2n) is 5.56. The number of ether oxygens (including phenoxy) is 1. The molecule has 3 nitrogen and oxygen atoms in total. The van der Waals surface area contributed by atoms with E-state index in [0.717, 1.165) is 5.56 Å². The van der Waals surface area contributed by atoms with Gasteiger partial charge in [-0.15, -0.1) is 0 Å². The van der Waals surface area contributed by atoms with E-state index < -0.39 is 12.2 Å². The minimum Gasteiger partial charge on any atom is -0.435 e. The van der Waals surface area contributed by atoms with Crippen LogP contribution in [0.5, 0.6) is 5.75 Å². The second kappa shape index (κ2) is 6.99. The Morgan fingerprint density at radius 2 is 1.75 bits per heavy atom. The fourth-order valence-electron chi connectivity index (χ4n) is 1.62. The van der Waals surface area contributed by atoms with Crippen LogP contribution in [0.4, 0.5) is 8.78 Å². The van der Waals surface area contributed by atoms with Crippen LogP contribution in [-0.2, 0) is 0 Å². The highest BCUT2D eigenvalue weighted by Crippen LogP contribution is 2.21. The summed E-state index contributed by atoms with van der Waals surface area (Å²) in [7, 11) is 0. The van der Waals surface area contributed by atoms with Crippen molar-refractivity contribution >= 4 is 0 Å². The molecule has 0 bridgehead atoms. The number of hydrogen-bond donors (Lipinski definition) is 2. The molecule has 0 aliphatic rings. The van der Waals surface area contributed by atoms with Gasteiger partial charge in [-0.1, -0.05) is 26.0 Å². The Morgan fingerprint density at radius 3 is 2.20 bits per heavy atom. The van der Waals surface area contributed by atoms with E-state index in [2.05, 4.69) is 10.1 Å². The van der Waals surface area contributed by atoms with Gasteiger partial charge in [-0.25, -0.2) is 0 Å². The molecule has 2 unspecified atom stereocenters. The van der Waals surface area contributed by atoms with Gasteiger partial charge in [0.05, 0.1) is 5.60 Å². The molecule has 0 spiro atoms. The minimum atomic E-state index is -2.81. The number of alkyl halides is 2. The first kappa shape index (κ1) is 16.9. The van der Waals surface area contributed by atoms with Gasteiger partial charge in [-0.2, -0.15) is 8.78 Å². The number of hydrogen-bond acceptors (Lipinski definition) is 3. The molecule has 114 valence electrons. The van der Waals surface area contributed by atoms with Crippen LogP contribution in [0.2, 0.25) is 0 Å². The van der Waals surface area contributed by atoms with Crippen LogP contribution < -0.4 is 10.1 Å². The molecule has 2 atom stereocenters. The zero-order chi connectivity index (χ0) is 15.3. The van der Waals surface area contributed by atoms with Gasteiger partial charge in [0.25, 0.3) is 0 Å². The molecule has 0 amide bonds. The molecule has 0 aliphatic heterocycles. The Labute approximate surface area is 119 Å². The molecule has 0 saturated carbocycles. The van der Waals surface area contributed by atoms with Gasteiger partial charge in [0.2, 0.25) is 0 Å². The van der Waals surface area contributed by atoms with Gasteiger partial charge in [-0.3, -0.25) is 0 Å². The molecule has 0 saturated heterocycles. The maximum atomic E-state index is 12.0. The summed E-state index contributed by atoms with van der Waals surface area (Å²) in [6.45, 7) is 5.32. The summed E-state index contributed by atoms with van der Waals surface area (Å²) in [4.78, 5) is 0. The average Bonchev–Trinajstić information content (AvgIpc) is 2.36. The molecule has 1 rings (SSSR count). The van der Waals surface area contributed by atoms with Crippen molar-refractivity contribution in [2.24, 2.45) is 5.92 Å². The zero-order valence-corrected chi connectivity index (χ0v) is 12.4. The zero-order valence-electron chi connectivity index (χ0n) is 12.4. The van der Waals surface area contributed by atoms with Crippen LogP contribution in [0, 0.1) is 5.92 Å². The monoisotopic (exact) mass is 287 g/mol. The van der Waals surface area contributed by atoms with Crippen LogP contribution in [0.1, 0.15) is 39.3 Å². The fraction of sp³-hybridized carbons (Fsp3) is 0.600. The lowest BCUT2D eigenvalue weighted by Crippen LogP contribution is -2.42. The third kappa shape index (κ3) is 5.06. The van der Waals surface area contributed by atoms with Crippen LogP contribution in [0.3, 0.4) is 0 Å². The third-order valence-electron chi connectivity index (χ3n) is 3.62. The molecule has 0 radical (unpaired) electrons. The molecule has 0 heterocycles. The highest BCUT2D eigenvalue weighted by molar-refractivity contribution is 5.29. The minimum absolute atomic E-state index is 0.0147. The maximum absolute atomic E-state index is 12.0. The van der Waals surface area contributed by atoms with Crippen LogP contribution >= 0.6 is 0 Å². The Morgan fingerprint density at radius 1 is 1.20 bits per heavy atom. The third-order valence-corrected chi connectivity index (χ3v) is 3.62. The van der Waals surface area contributed by atoms with E-state index >= 15 is 0 Å². The van der Waals surface area contributed by atoms with Gasteiger partial charge in [0, 0.05) is 12.6 Å². The highest BCUT2D eigenvalue weighted by atomic mass is 19.3. The van der Waals surface area contributed by atoms with E-state index in [-0.39, 0.29) is 17.7 Å². The molecule has 0 aliphatic carbocycles. The number of benzene rings is 1. The summed E-state index contributed by atoms with van der Waals surface area (Å²) in [5.74, 6) is 0.286. The summed E-state index contributed by atoms with van der Waals surface area (Å²) in [6.07, 6.45) is 0. The molecular weight excluding hydrogens is 264 g/mol. The first-order chi connectivity index (χ1) is 9.22. The standard InChI is InChI=1S/C15H23F2NO2/c1-10(2)15(4,19)9-18-11(3)12-5-7-13(8-6-12)20-14(16)17/h5-8,10-11,14,18-19H,9H2,1-4H3. The Bertz CT molecular complexity index is 405. The number of halogens is 2. The molecule has 20 heavy (non-hydrogen) atoms. The molecule has 5 heteroatoms. The number of rotatable bonds is 7. The molecule has 1 aromatic rings. The maximum Gasteiger partial charge on any atom is 0.387 e. The number of aliphatic hydroxyl groups is 1. The van der Waals surface area contributed by atoms with Crippen LogP contribution in [0.15, 0.2) is 24.3 Å². The second-order valence-corrected chi connectivity index (χ2v) is 5.56. The largest absolute Gasteiger partial charge is 0.435 e. The normalized spacial score (nSPS) is 16.2. The highest BCUT2D eigenvalue weighted by Gasteiger charge is 2.25. The van der Waals surface area contributed by atoms with Crippen molar-refractivity contribution in [1.82, 2.24) is 5.32 Å². The lowest BCUT2D eigenvalue weighted by atomic mass is 9.92. The predicted molar refractivity (Wildman–Crippen MR) is 75.0 cm³/mol. The first-order valence-corrected chi connectivity index (χ1v) is 6.73. The summed E-state index contributed by atoms with van der Waals surface area (Å²) >= 11 is 0. The van der Waals surface area contributed by atoms with E-state index in [1.54, 1.807) is 19.1 Å². The van der Waals surface area contributed by atoms with Gasteiger partial charge in [0.1, 0.15) is 5.75 Å². The predicted octanol–water partition coefficient (Wildman–Crippen LogP) is 3.35. The molecule has 0 fully saturated rings. The van der Waals surface area contributed by atoms with Crippen molar-refractivity contribution in [2.75, 3.05) is 6.54 Å². The van der Waals surface area contributed by atoms with Crippen molar-refractivity contribution in [3.63, 3.8) is 0 Å². The van der Waals surface area contributed by atoms with Gasteiger partial charge in [-0.05, 0) is 37.5 Å². The Hall–Kier alpha value is -1.20. The fourth-order valence-corrected chi connectivity index (χ4v) is 1.62. The van der Waals surface area contributed by atoms with Crippen molar-refractivity contribution in [2.45, 2.75) is 45.9 Å². The van der Waals surface area contributed by atoms with Crippen LogP contribution in [-0.4, -0.2) is 23.9 Å². The first-order valence-electron chi connectivity index (χ1n) is 6.73. The molecule has 2 N–H and O–H groups in total. The van der Waals surface area contributed by atoms with Gasteiger partial charge >= 0.3 is 6.61 Å². The lowest BCUT2D eigenvalue weighted by Gasteiger charge is -2.29. The van der Waals surface area contributed by atoms with E-state index in [4.69, 9.17) is 0 Å². The Balaban J connectivity index is 2.57. The van der Waals surface area contributed by atoms with E-state index in [1.807, 2.05) is 20.8 Å². The lowest BCUT2D eigenvalue weighted by molar-refractivity contribution is -0.0498. The smallest absolute Gasteiger partial charge is 0.387 e. The van der Waals surface area contributed by atoms with Crippen molar-refractivity contribution < 1.29 is 18.6 Å². The quantitative estimate of drug-likeness (QED) is 0.808. The average molecular weight is 287 g/mol. The van der Waals surface area contributed by atoms with E-state index in [9.17, 15) is 13.9 Å². The van der Waals surface area contributed by atoms with Crippen molar-refractivity contribution in [3.8, 4) is 5.75 Å². The summed E-state index contributed by atoms with van der Waals surface area (Å²) in [5, 5.41) is 13.4. The topological polar surface area (TPSA) is 41.5 Å². The van der Waals surface area contributed by atoms with Gasteiger partial charge in [0.15, 0.2) is 0 Å². The summed E-state index contributed by atoms with van der Waals surface area (Å²) in [6, 6.07) is 6.51. The van der Waals surface area contributed by atoms with Crippen molar-refractivity contribution in [1.29, 1.82) is 0 Å². The molecular formula is C15H23F2NO2. The van der Waals surface area contributed by atoms with E-state index in [0.29, 0.717) is 6.54 Å². The Kier molecular flexibility index (Phi) is 5.89. The summed E-state index contributed by atoms with van der Waals surface area (Å²) < 4.78 is 28.4. The van der Waals surface area contributed by atoms with Crippen LogP contribution in [0.25, 0.3) is 0 Å².